The molecule has 0 unspecified atom stereocenters. The Balaban J connectivity index is 2.33. The van der Waals surface area contributed by atoms with E-state index in [-0.39, 0.29) is 5.75 Å². The summed E-state index contributed by atoms with van der Waals surface area (Å²) in [5.74, 6) is -0.0667. The minimum Gasteiger partial charge on any atom is -0.398 e. The molecule has 0 aromatic heterocycles. The molecule has 4 heteroatoms. The maximum Gasteiger partial charge on any atom is 0.182 e. The van der Waals surface area contributed by atoms with E-state index in [4.69, 9.17) is 5.73 Å². The van der Waals surface area contributed by atoms with Gasteiger partial charge in [-0.2, -0.15) is 0 Å². The highest BCUT2D eigenvalue weighted by atomic mass is 32.2. The molecule has 3 nitrogen and oxygen atoms in total. The fraction of sp³-hybridized carbons (Fsp3) is 0.143. The number of nitrogen functional groups attached to an aromatic ring is 1. The zero-order valence-electron chi connectivity index (χ0n) is 10.1. The summed E-state index contributed by atoms with van der Waals surface area (Å²) in [6.45, 7) is 1.92. The highest BCUT2D eigenvalue weighted by Crippen LogP contribution is 2.20. The Hall–Kier alpha value is -1.81. The van der Waals surface area contributed by atoms with Gasteiger partial charge in [0.1, 0.15) is 0 Å². The standard InChI is InChI=1S/C14H15NO2S/c1-11-6-8-13(9-7-11)18(16,17)10-12-4-2-3-5-14(12)15/h2-9H,10,15H2,1H3. The molecule has 2 rings (SSSR count). The fourth-order valence-electron chi connectivity index (χ4n) is 1.70. The topological polar surface area (TPSA) is 60.2 Å². The van der Waals surface area contributed by atoms with E-state index < -0.39 is 9.84 Å². The highest BCUT2D eigenvalue weighted by molar-refractivity contribution is 7.90. The molecule has 0 bridgehead atoms. The van der Waals surface area contributed by atoms with E-state index in [9.17, 15) is 8.42 Å². The van der Waals surface area contributed by atoms with Crippen molar-refractivity contribution in [2.75, 3.05) is 5.73 Å². The average Bonchev–Trinajstić information content (AvgIpc) is 2.32. The first-order valence-electron chi connectivity index (χ1n) is 5.62. The number of para-hydroxylation sites is 1. The highest BCUT2D eigenvalue weighted by Gasteiger charge is 2.16. The molecule has 0 spiro atoms. The maximum atomic E-state index is 12.2. The molecule has 94 valence electrons. The zero-order chi connectivity index (χ0) is 13.2. The molecule has 2 aromatic rings. The lowest BCUT2D eigenvalue weighted by Gasteiger charge is -2.07. The molecule has 0 aliphatic heterocycles. The van der Waals surface area contributed by atoms with Gasteiger partial charge < -0.3 is 5.73 Å². The Morgan fingerprint density at radius 2 is 1.61 bits per heavy atom. The molecule has 0 heterocycles. The van der Waals surface area contributed by atoms with Crippen molar-refractivity contribution in [2.45, 2.75) is 17.6 Å². The fourth-order valence-corrected chi connectivity index (χ4v) is 3.09. The SMILES string of the molecule is Cc1ccc(S(=O)(=O)Cc2ccccc2N)cc1. The molecule has 18 heavy (non-hydrogen) atoms. The molecule has 0 fully saturated rings. The third-order valence-electron chi connectivity index (χ3n) is 2.78. The van der Waals surface area contributed by atoms with E-state index >= 15 is 0 Å². The van der Waals surface area contributed by atoms with E-state index in [1.54, 1.807) is 48.5 Å². The minimum absolute atomic E-state index is 0.0667. The van der Waals surface area contributed by atoms with Crippen LogP contribution in [0, 0.1) is 6.92 Å². The molecule has 2 N–H and O–H groups in total. The predicted molar refractivity (Wildman–Crippen MR) is 72.9 cm³/mol. The Labute approximate surface area is 107 Å². The van der Waals surface area contributed by atoms with Crippen molar-refractivity contribution in [3.8, 4) is 0 Å². The monoisotopic (exact) mass is 261 g/mol. The van der Waals surface area contributed by atoms with Crippen molar-refractivity contribution >= 4 is 15.5 Å². The number of sulfone groups is 1. The van der Waals surface area contributed by atoms with Gasteiger partial charge >= 0.3 is 0 Å². The third-order valence-corrected chi connectivity index (χ3v) is 4.46. The quantitative estimate of drug-likeness (QED) is 0.864. The lowest BCUT2D eigenvalue weighted by molar-refractivity contribution is 0.595. The predicted octanol–water partition coefficient (Wildman–Crippen LogP) is 2.55. The Bertz CT molecular complexity index is 646. The number of hydrogen-bond acceptors (Lipinski definition) is 3. The molecule has 0 amide bonds. The summed E-state index contributed by atoms with van der Waals surface area (Å²) in [6, 6.07) is 13.9. The van der Waals surface area contributed by atoms with Crippen molar-refractivity contribution in [3.05, 3.63) is 59.7 Å². The van der Waals surface area contributed by atoms with Crippen LogP contribution in [0.4, 0.5) is 5.69 Å². The van der Waals surface area contributed by atoms with Gasteiger partial charge in [-0.05, 0) is 30.7 Å². The number of anilines is 1. The second-order valence-electron chi connectivity index (χ2n) is 4.27. The van der Waals surface area contributed by atoms with Crippen LogP contribution in [-0.2, 0) is 15.6 Å². The van der Waals surface area contributed by atoms with Crippen LogP contribution in [0.5, 0.6) is 0 Å². The first kappa shape index (κ1) is 12.6. The maximum absolute atomic E-state index is 12.2. The summed E-state index contributed by atoms with van der Waals surface area (Å²) in [5.41, 5.74) is 7.95. The van der Waals surface area contributed by atoms with Gasteiger partial charge in [0.05, 0.1) is 10.6 Å². The Morgan fingerprint density at radius 3 is 2.22 bits per heavy atom. The Morgan fingerprint density at radius 1 is 1.00 bits per heavy atom. The van der Waals surface area contributed by atoms with Crippen LogP contribution in [0.15, 0.2) is 53.4 Å². The van der Waals surface area contributed by atoms with Crippen molar-refractivity contribution in [1.29, 1.82) is 0 Å². The first-order valence-corrected chi connectivity index (χ1v) is 7.27. The molecule has 0 saturated heterocycles. The number of benzene rings is 2. The summed E-state index contributed by atoms with van der Waals surface area (Å²) in [7, 11) is -3.33. The largest absolute Gasteiger partial charge is 0.398 e. The normalized spacial score (nSPS) is 11.4. The smallest absolute Gasteiger partial charge is 0.182 e. The van der Waals surface area contributed by atoms with Crippen molar-refractivity contribution in [2.24, 2.45) is 0 Å². The summed E-state index contributed by atoms with van der Waals surface area (Å²) in [5, 5.41) is 0. The molecule has 0 atom stereocenters. The van der Waals surface area contributed by atoms with Crippen LogP contribution in [-0.4, -0.2) is 8.42 Å². The molecule has 0 aliphatic carbocycles. The Kier molecular flexibility index (Phi) is 3.39. The molecular weight excluding hydrogens is 246 g/mol. The average molecular weight is 261 g/mol. The van der Waals surface area contributed by atoms with Gasteiger partial charge in [-0.15, -0.1) is 0 Å². The van der Waals surface area contributed by atoms with E-state index in [2.05, 4.69) is 0 Å². The molecule has 0 saturated carbocycles. The minimum atomic E-state index is -3.33. The van der Waals surface area contributed by atoms with Gasteiger partial charge in [0, 0.05) is 5.69 Å². The lowest BCUT2D eigenvalue weighted by Crippen LogP contribution is -2.06. The van der Waals surface area contributed by atoms with Crippen molar-refractivity contribution < 1.29 is 8.42 Å². The van der Waals surface area contributed by atoms with E-state index in [1.165, 1.54) is 0 Å². The summed E-state index contributed by atoms with van der Waals surface area (Å²) in [6.07, 6.45) is 0. The van der Waals surface area contributed by atoms with Gasteiger partial charge in [0.25, 0.3) is 0 Å². The van der Waals surface area contributed by atoms with Crippen LogP contribution in [0.3, 0.4) is 0 Å². The van der Waals surface area contributed by atoms with Gasteiger partial charge in [-0.1, -0.05) is 35.9 Å². The van der Waals surface area contributed by atoms with E-state index in [0.717, 1.165) is 5.56 Å². The number of hydrogen-bond donors (Lipinski definition) is 1. The molecule has 0 radical (unpaired) electrons. The van der Waals surface area contributed by atoms with E-state index in [0.29, 0.717) is 16.1 Å². The van der Waals surface area contributed by atoms with Crippen LogP contribution < -0.4 is 5.73 Å². The van der Waals surface area contributed by atoms with Crippen molar-refractivity contribution in [1.82, 2.24) is 0 Å². The van der Waals surface area contributed by atoms with Gasteiger partial charge in [0.2, 0.25) is 0 Å². The number of rotatable bonds is 3. The number of nitrogens with two attached hydrogens (primary N) is 1. The zero-order valence-corrected chi connectivity index (χ0v) is 10.9. The van der Waals surface area contributed by atoms with Crippen LogP contribution in [0.2, 0.25) is 0 Å². The van der Waals surface area contributed by atoms with Gasteiger partial charge in [0.15, 0.2) is 9.84 Å². The lowest BCUT2D eigenvalue weighted by atomic mass is 10.2. The summed E-state index contributed by atoms with van der Waals surface area (Å²) < 4.78 is 24.4. The van der Waals surface area contributed by atoms with Gasteiger partial charge in [-0.3, -0.25) is 0 Å². The second kappa shape index (κ2) is 4.82. The molecule has 0 aliphatic rings. The molecular formula is C14H15NO2S. The summed E-state index contributed by atoms with van der Waals surface area (Å²) in [4.78, 5) is 0.330. The van der Waals surface area contributed by atoms with Crippen LogP contribution in [0.25, 0.3) is 0 Å². The van der Waals surface area contributed by atoms with Crippen molar-refractivity contribution in [3.63, 3.8) is 0 Å². The summed E-state index contributed by atoms with van der Waals surface area (Å²) >= 11 is 0. The first-order chi connectivity index (χ1) is 8.49. The third kappa shape index (κ3) is 2.71. The van der Waals surface area contributed by atoms with Crippen LogP contribution >= 0.6 is 0 Å². The second-order valence-corrected chi connectivity index (χ2v) is 6.26. The molecule has 2 aromatic carbocycles. The van der Waals surface area contributed by atoms with E-state index in [1.807, 2.05) is 6.92 Å². The van der Waals surface area contributed by atoms with Crippen LogP contribution in [0.1, 0.15) is 11.1 Å². The number of aryl methyl sites for hydroxylation is 1. The van der Waals surface area contributed by atoms with Gasteiger partial charge in [-0.25, -0.2) is 8.42 Å².